The number of hydrogen-bond donors (Lipinski definition) is 2. The van der Waals surface area contributed by atoms with Gasteiger partial charge in [0.05, 0.1) is 17.8 Å². The van der Waals surface area contributed by atoms with Crippen molar-refractivity contribution in [2.75, 3.05) is 12.4 Å². The zero-order valence-electron chi connectivity index (χ0n) is 10.8. The number of anilines is 1. The summed E-state index contributed by atoms with van der Waals surface area (Å²) >= 11 is 0. The summed E-state index contributed by atoms with van der Waals surface area (Å²) in [5.41, 5.74) is 1.28. The molecule has 6 heteroatoms. The number of rotatable bonds is 4. The van der Waals surface area contributed by atoms with Gasteiger partial charge in [-0.2, -0.15) is 0 Å². The third-order valence-electron chi connectivity index (χ3n) is 2.55. The summed E-state index contributed by atoms with van der Waals surface area (Å²) in [6.07, 6.45) is 3.31. The third kappa shape index (κ3) is 3.25. The highest BCUT2D eigenvalue weighted by atomic mass is 16.1. The molecule has 0 saturated heterocycles. The van der Waals surface area contributed by atoms with Crippen molar-refractivity contribution < 1.29 is 4.79 Å². The lowest BCUT2D eigenvalue weighted by Crippen LogP contribution is -2.24. The molecule has 2 N–H and O–H groups in total. The molecule has 1 amide bonds. The van der Waals surface area contributed by atoms with E-state index in [0.717, 1.165) is 5.69 Å². The number of aromatic nitrogens is 3. The first-order chi connectivity index (χ1) is 9.20. The number of nitrogens with zero attached hydrogens (tertiary/aromatic N) is 3. The minimum absolute atomic E-state index is 0.186. The first-order valence-corrected chi connectivity index (χ1v) is 5.90. The Balaban J connectivity index is 2.05. The molecule has 0 unspecified atom stereocenters. The second-order valence-electron chi connectivity index (χ2n) is 3.93. The van der Waals surface area contributed by atoms with E-state index in [0.29, 0.717) is 23.8 Å². The molecule has 0 atom stereocenters. The van der Waals surface area contributed by atoms with Gasteiger partial charge in [-0.05, 0) is 25.1 Å². The van der Waals surface area contributed by atoms with E-state index in [1.807, 2.05) is 6.92 Å². The predicted octanol–water partition coefficient (Wildman–Crippen LogP) is 1.15. The highest BCUT2D eigenvalue weighted by molar-refractivity contribution is 5.98. The summed E-state index contributed by atoms with van der Waals surface area (Å²) < 4.78 is 0. The fourth-order valence-electron chi connectivity index (χ4n) is 1.66. The molecule has 2 rings (SSSR count). The van der Waals surface area contributed by atoms with Crippen LogP contribution in [-0.4, -0.2) is 27.9 Å². The maximum Gasteiger partial charge on any atom is 0.255 e. The molecule has 2 aromatic rings. The van der Waals surface area contributed by atoms with Crippen molar-refractivity contribution in [2.45, 2.75) is 13.5 Å². The molecule has 0 fully saturated rings. The van der Waals surface area contributed by atoms with Crippen molar-refractivity contribution in [2.24, 2.45) is 0 Å². The quantitative estimate of drug-likeness (QED) is 0.859. The van der Waals surface area contributed by atoms with Gasteiger partial charge in [0, 0.05) is 19.4 Å². The number of pyridine rings is 1. The van der Waals surface area contributed by atoms with E-state index in [-0.39, 0.29) is 5.91 Å². The van der Waals surface area contributed by atoms with Crippen molar-refractivity contribution in [3.63, 3.8) is 0 Å². The molecule has 98 valence electrons. The second kappa shape index (κ2) is 5.90. The number of hydrogen-bond acceptors (Lipinski definition) is 5. The van der Waals surface area contributed by atoms with Crippen LogP contribution in [0.25, 0.3) is 0 Å². The Morgan fingerprint density at radius 2 is 2.11 bits per heavy atom. The number of aryl methyl sites for hydroxylation is 1. The van der Waals surface area contributed by atoms with Crippen molar-refractivity contribution in [1.82, 2.24) is 20.3 Å². The average Bonchev–Trinajstić information content (AvgIpc) is 2.45. The Morgan fingerprint density at radius 3 is 2.84 bits per heavy atom. The maximum absolute atomic E-state index is 12.0. The van der Waals surface area contributed by atoms with Crippen LogP contribution >= 0.6 is 0 Å². The van der Waals surface area contributed by atoms with Crippen LogP contribution in [0.1, 0.15) is 21.9 Å². The molecule has 0 saturated carbocycles. The van der Waals surface area contributed by atoms with Crippen molar-refractivity contribution in [3.8, 4) is 0 Å². The Kier molecular flexibility index (Phi) is 4.02. The van der Waals surface area contributed by atoms with Gasteiger partial charge >= 0.3 is 0 Å². The fraction of sp³-hybridized carbons (Fsp3) is 0.231. The molecule has 0 bridgehead atoms. The van der Waals surface area contributed by atoms with Crippen LogP contribution in [0.5, 0.6) is 0 Å². The molecule has 0 aliphatic rings. The van der Waals surface area contributed by atoms with Crippen LogP contribution in [0.15, 0.2) is 30.6 Å². The predicted molar refractivity (Wildman–Crippen MR) is 71.7 cm³/mol. The second-order valence-corrected chi connectivity index (χ2v) is 3.93. The van der Waals surface area contributed by atoms with Gasteiger partial charge in [-0.15, -0.1) is 0 Å². The summed E-state index contributed by atoms with van der Waals surface area (Å²) in [5.74, 6) is 1.05. The van der Waals surface area contributed by atoms with Crippen LogP contribution in [0, 0.1) is 6.92 Å². The fourth-order valence-corrected chi connectivity index (χ4v) is 1.66. The first kappa shape index (κ1) is 12.9. The van der Waals surface area contributed by atoms with Crippen LogP contribution in [0.4, 0.5) is 5.82 Å². The minimum Gasteiger partial charge on any atom is -0.372 e. The highest BCUT2D eigenvalue weighted by Crippen LogP contribution is 2.10. The van der Waals surface area contributed by atoms with Gasteiger partial charge in [0.1, 0.15) is 11.6 Å². The normalized spacial score (nSPS) is 10.0. The van der Waals surface area contributed by atoms with Crippen LogP contribution in [-0.2, 0) is 6.54 Å². The molecule has 0 aliphatic carbocycles. The summed E-state index contributed by atoms with van der Waals surface area (Å²) in [6.45, 7) is 2.17. The van der Waals surface area contributed by atoms with E-state index in [9.17, 15) is 4.79 Å². The smallest absolute Gasteiger partial charge is 0.255 e. The van der Waals surface area contributed by atoms with Crippen LogP contribution < -0.4 is 10.6 Å². The summed E-state index contributed by atoms with van der Waals surface area (Å²) in [7, 11) is 1.73. The first-order valence-electron chi connectivity index (χ1n) is 5.90. The summed E-state index contributed by atoms with van der Waals surface area (Å²) in [6, 6.07) is 5.22. The topological polar surface area (TPSA) is 79.8 Å². The Labute approximate surface area is 111 Å². The molecule has 0 radical (unpaired) electrons. The average molecular weight is 257 g/mol. The zero-order valence-corrected chi connectivity index (χ0v) is 10.8. The van der Waals surface area contributed by atoms with E-state index < -0.39 is 0 Å². The van der Waals surface area contributed by atoms with E-state index in [1.54, 1.807) is 37.6 Å². The van der Waals surface area contributed by atoms with Gasteiger partial charge in [0.15, 0.2) is 0 Å². The van der Waals surface area contributed by atoms with Gasteiger partial charge in [0.25, 0.3) is 5.91 Å². The molecular formula is C13H15N5O. The molecular weight excluding hydrogens is 242 g/mol. The number of carbonyl (C=O) groups is 1. The lowest BCUT2D eigenvalue weighted by molar-refractivity contribution is 0.0951. The van der Waals surface area contributed by atoms with Crippen LogP contribution in [0.2, 0.25) is 0 Å². The molecule has 0 spiro atoms. The Hall–Kier alpha value is -2.50. The van der Waals surface area contributed by atoms with Crippen molar-refractivity contribution >= 4 is 11.7 Å². The zero-order chi connectivity index (χ0) is 13.7. The van der Waals surface area contributed by atoms with Crippen molar-refractivity contribution in [3.05, 3.63) is 47.7 Å². The molecule has 0 aliphatic heterocycles. The standard InChI is InChI=1S/C13H15N5O/c1-9-15-7-5-10(18-9)8-17-13(19)11-4-3-6-16-12(11)14-2/h3-7H,8H2,1-2H3,(H,14,16)(H,17,19). The minimum atomic E-state index is -0.186. The third-order valence-corrected chi connectivity index (χ3v) is 2.55. The number of nitrogens with one attached hydrogen (secondary N) is 2. The van der Waals surface area contributed by atoms with E-state index in [4.69, 9.17) is 0 Å². The molecule has 6 nitrogen and oxygen atoms in total. The van der Waals surface area contributed by atoms with E-state index in [1.165, 1.54) is 0 Å². The molecule has 2 heterocycles. The lowest BCUT2D eigenvalue weighted by Gasteiger charge is -2.08. The highest BCUT2D eigenvalue weighted by Gasteiger charge is 2.10. The van der Waals surface area contributed by atoms with E-state index in [2.05, 4.69) is 25.6 Å². The van der Waals surface area contributed by atoms with E-state index >= 15 is 0 Å². The van der Waals surface area contributed by atoms with Gasteiger partial charge in [0.2, 0.25) is 0 Å². The number of amides is 1. The summed E-state index contributed by atoms with van der Waals surface area (Å²) in [5, 5.41) is 5.69. The lowest BCUT2D eigenvalue weighted by atomic mass is 10.2. The van der Waals surface area contributed by atoms with Gasteiger partial charge in [-0.1, -0.05) is 0 Å². The maximum atomic E-state index is 12.0. The van der Waals surface area contributed by atoms with Gasteiger partial charge < -0.3 is 10.6 Å². The largest absolute Gasteiger partial charge is 0.372 e. The Bertz CT molecular complexity index is 585. The SMILES string of the molecule is CNc1ncccc1C(=O)NCc1ccnc(C)n1. The van der Waals surface area contributed by atoms with Gasteiger partial charge in [-0.3, -0.25) is 4.79 Å². The number of carbonyl (C=O) groups excluding carboxylic acids is 1. The van der Waals surface area contributed by atoms with Gasteiger partial charge in [-0.25, -0.2) is 15.0 Å². The molecule has 0 aromatic carbocycles. The van der Waals surface area contributed by atoms with Crippen molar-refractivity contribution in [1.29, 1.82) is 0 Å². The Morgan fingerprint density at radius 1 is 1.26 bits per heavy atom. The monoisotopic (exact) mass is 257 g/mol. The summed E-state index contributed by atoms with van der Waals surface area (Å²) in [4.78, 5) is 24.4. The van der Waals surface area contributed by atoms with Crippen LogP contribution in [0.3, 0.4) is 0 Å². The molecule has 19 heavy (non-hydrogen) atoms. The molecule has 2 aromatic heterocycles.